The van der Waals surface area contributed by atoms with Gasteiger partial charge in [0.15, 0.2) is 0 Å². The van der Waals surface area contributed by atoms with Crippen LogP contribution in [0.3, 0.4) is 0 Å². The Hall–Kier alpha value is -0.630. The Balaban J connectivity index is 2.18. The highest BCUT2D eigenvalue weighted by Crippen LogP contribution is 2.06. The molecule has 0 N–H and O–H groups in total. The van der Waals surface area contributed by atoms with Crippen molar-refractivity contribution in [3.63, 3.8) is 0 Å². The van der Waals surface area contributed by atoms with E-state index >= 15 is 0 Å². The first kappa shape index (κ1) is 8.47. The third-order valence-corrected chi connectivity index (χ3v) is 1.96. The standard InChI is InChI=1S/C9H15NO/c1-8(2)3-5-10-6-4-9(11)7-10/h1,3-7H2,2H3. The van der Waals surface area contributed by atoms with Crippen LogP contribution < -0.4 is 0 Å². The molecule has 2 heteroatoms. The predicted molar refractivity (Wildman–Crippen MR) is 45.5 cm³/mol. The number of hydrogen-bond acceptors (Lipinski definition) is 2. The molecule has 1 aliphatic heterocycles. The minimum Gasteiger partial charge on any atom is -0.298 e. The molecule has 1 fully saturated rings. The first-order valence-electron chi connectivity index (χ1n) is 4.07. The van der Waals surface area contributed by atoms with Crippen molar-refractivity contribution in [1.29, 1.82) is 0 Å². The fourth-order valence-corrected chi connectivity index (χ4v) is 1.23. The summed E-state index contributed by atoms with van der Waals surface area (Å²) < 4.78 is 0. The first-order valence-corrected chi connectivity index (χ1v) is 4.07. The summed E-state index contributed by atoms with van der Waals surface area (Å²) in [6.07, 6.45) is 1.77. The van der Waals surface area contributed by atoms with Gasteiger partial charge in [0.05, 0.1) is 6.54 Å². The quantitative estimate of drug-likeness (QED) is 0.568. The summed E-state index contributed by atoms with van der Waals surface area (Å²) in [7, 11) is 0. The van der Waals surface area contributed by atoms with Gasteiger partial charge in [0.25, 0.3) is 0 Å². The normalized spacial score (nSPS) is 19.2. The lowest BCUT2D eigenvalue weighted by Gasteiger charge is -2.12. The summed E-state index contributed by atoms with van der Waals surface area (Å²) in [5, 5.41) is 0. The van der Waals surface area contributed by atoms with Crippen molar-refractivity contribution in [3.8, 4) is 0 Å². The van der Waals surface area contributed by atoms with Crippen LogP contribution in [-0.2, 0) is 4.79 Å². The summed E-state index contributed by atoms with van der Waals surface area (Å²) >= 11 is 0. The summed E-state index contributed by atoms with van der Waals surface area (Å²) in [5.41, 5.74) is 1.20. The van der Waals surface area contributed by atoms with E-state index in [1.807, 2.05) is 6.92 Å². The lowest BCUT2D eigenvalue weighted by atomic mass is 10.2. The number of rotatable bonds is 3. The zero-order chi connectivity index (χ0) is 8.27. The predicted octanol–water partition coefficient (Wildman–Crippen LogP) is 1.23. The van der Waals surface area contributed by atoms with Crippen LogP contribution in [0.4, 0.5) is 0 Å². The highest BCUT2D eigenvalue weighted by molar-refractivity contribution is 5.82. The Kier molecular flexibility index (Phi) is 2.83. The molecule has 0 saturated carbocycles. The van der Waals surface area contributed by atoms with E-state index in [0.29, 0.717) is 12.3 Å². The van der Waals surface area contributed by atoms with Gasteiger partial charge in [0, 0.05) is 19.5 Å². The second-order valence-electron chi connectivity index (χ2n) is 3.27. The largest absolute Gasteiger partial charge is 0.298 e. The molecular formula is C9H15NO. The van der Waals surface area contributed by atoms with Crippen LogP contribution in [0.2, 0.25) is 0 Å². The zero-order valence-corrected chi connectivity index (χ0v) is 7.10. The van der Waals surface area contributed by atoms with Gasteiger partial charge in [-0.1, -0.05) is 5.57 Å². The van der Waals surface area contributed by atoms with E-state index in [1.165, 1.54) is 5.57 Å². The van der Waals surface area contributed by atoms with Crippen molar-refractivity contribution in [2.45, 2.75) is 19.8 Å². The van der Waals surface area contributed by atoms with Crippen LogP contribution in [0.15, 0.2) is 12.2 Å². The topological polar surface area (TPSA) is 20.3 Å². The van der Waals surface area contributed by atoms with Crippen molar-refractivity contribution < 1.29 is 4.79 Å². The smallest absolute Gasteiger partial charge is 0.148 e. The number of hydrogen-bond donors (Lipinski definition) is 0. The molecule has 0 aromatic carbocycles. The summed E-state index contributed by atoms with van der Waals surface area (Å²) in [6, 6.07) is 0. The van der Waals surface area contributed by atoms with E-state index in [0.717, 1.165) is 25.9 Å². The number of ketones is 1. The number of likely N-dealkylation sites (tertiary alicyclic amines) is 1. The molecule has 0 bridgehead atoms. The van der Waals surface area contributed by atoms with E-state index < -0.39 is 0 Å². The van der Waals surface area contributed by atoms with E-state index in [-0.39, 0.29) is 0 Å². The Morgan fingerprint density at radius 2 is 2.45 bits per heavy atom. The molecule has 0 aliphatic carbocycles. The third kappa shape index (κ3) is 2.85. The van der Waals surface area contributed by atoms with Crippen LogP contribution in [0, 0.1) is 0 Å². The number of carbonyl (C=O) groups excluding carboxylic acids is 1. The van der Waals surface area contributed by atoms with E-state index in [2.05, 4.69) is 11.5 Å². The summed E-state index contributed by atoms with van der Waals surface area (Å²) in [4.78, 5) is 13.0. The van der Waals surface area contributed by atoms with Crippen molar-refractivity contribution in [1.82, 2.24) is 4.90 Å². The molecule has 0 unspecified atom stereocenters. The van der Waals surface area contributed by atoms with Crippen LogP contribution in [-0.4, -0.2) is 30.3 Å². The minimum absolute atomic E-state index is 0.381. The number of Topliss-reactive ketones (excluding diaryl/α,β-unsaturated/α-hetero) is 1. The van der Waals surface area contributed by atoms with Crippen LogP contribution in [0.1, 0.15) is 19.8 Å². The average molecular weight is 153 g/mol. The summed E-state index contributed by atoms with van der Waals surface area (Å²) in [5.74, 6) is 0.381. The molecule has 62 valence electrons. The SMILES string of the molecule is C=C(C)CCN1CCC(=O)C1. The van der Waals surface area contributed by atoms with Crippen LogP contribution >= 0.6 is 0 Å². The van der Waals surface area contributed by atoms with Crippen LogP contribution in [0.25, 0.3) is 0 Å². The Morgan fingerprint density at radius 3 is 2.91 bits per heavy atom. The summed E-state index contributed by atoms with van der Waals surface area (Å²) in [6.45, 7) is 8.46. The van der Waals surface area contributed by atoms with Gasteiger partial charge in [-0.2, -0.15) is 0 Å². The second-order valence-corrected chi connectivity index (χ2v) is 3.27. The maximum absolute atomic E-state index is 10.8. The highest BCUT2D eigenvalue weighted by atomic mass is 16.1. The van der Waals surface area contributed by atoms with Gasteiger partial charge in [0.1, 0.15) is 5.78 Å². The first-order chi connectivity index (χ1) is 5.18. The highest BCUT2D eigenvalue weighted by Gasteiger charge is 2.17. The fraction of sp³-hybridized carbons (Fsp3) is 0.667. The minimum atomic E-state index is 0.381. The number of nitrogens with zero attached hydrogens (tertiary/aromatic N) is 1. The Morgan fingerprint density at radius 1 is 1.73 bits per heavy atom. The second kappa shape index (κ2) is 3.67. The Bertz CT molecular complexity index is 174. The van der Waals surface area contributed by atoms with Gasteiger partial charge in [-0.25, -0.2) is 0 Å². The van der Waals surface area contributed by atoms with Crippen molar-refractivity contribution in [2.75, 3.05) is 19.6 Å². The lowest BCUT2D eigenvalue weighted by Crippen LogP contribution is -2.21. The van der Waals surface area contributed by atoms with Gasteiger partial charge >= 0.3 is 0 Å². The third-order valence-electron chi connectivity index (χ3n) is 1.96. The fourth-order valence-electron chi connectivity index (χ4n) is 1.23. The lowest BCUT2D eigenvalue weighted by molar-refractivity contribution is -0.116. The van der Waals surface area contributed by atoms with Crippen molar-refractivity contribution in [2.24, 2.45) is 0 Å². The molecule has 0 aromatic rings. The molecule has 1 heterocycles. The maximum atomic E-state index is 10.8. The van der Waals surface area contributed by atoms with Crippen LogP contribution in [0.5, 0.6) is 0 Å². The molecular weight excluding hydrogens is 138 g/mol. The monoisotopic (exact) mass is 153 g/mol. The maximum Gasteiger partial charge on any atom is 0.148 e. The molecule has 0 aromatic heterocycles. The van der Waals surface area contributed by atoms with E-state index in [4.69, 9.17) is 0 Å². The van der Waals surface area contributed by atoms with Gasteiger partial charge in [-0.3, -0.25) is 9.69 Å². The molecule has 0 atom stereocenters. The molecule has 1 rings (SSSR count). The molecule has 0 radical (unpaired) electrons. The van der Waals surface area contributed by atoms with E-state index in [9.17, 15) is 4.79 Å². The molecule has 1 aliphatic rings. The molecule has 11 heavy (non-hydrogen) atoms. The van der Waals surface area contributed by atoms with Gasteiger partial charge < -0.3 is 0 Å². The van der Waals surface area contributed by atoms with Crippen molar-refractivity contribution in [3.05, 3.63) is 12.2 Å². The van der Waals surface area contributed by atoms with E-state index in [1.54, 1.807) is 0 Å². The van der Waals surface area contributed by atoms with Gasteiger partial charge in [-0.05, 0) is 13.3 Å². The molecule has 2 nitrogen and oxygen atoms in total. The van der Waals surface area contributed by atoms with Gasteiger partial charge in [0.2, 0.25) is 0 Å². The zero-order valence-electron chi connectivity index (χ0n) is 7.10. The van der Waals surface area contributed by atoms with Crippen molar-refractivity contribution >= 4 is 5.78 Å². The average Bonchev–Trinajstić information content (AvgIpc) is 2.31. The van der Waals surface area contributed by atoms with Gasteiger partial charge in [-0.15, -0.1) is 6.58 Å². The molecule has 0 spiro atoms. The number of carbonyl (C=O) groups is 1. The Labute approximate surface area is 67.9 Å². The molecule has 0 amide bonds. The molecule has 1 saturated heterocycles.